The van der Waals surface area contributed by atoms with Crippen molar-refractivity contribution in [2.75, 3.05) is 25.9 Å². The number of hydrogen-bond donors (Lipinski definition) is 1. The first kappa shape index (κ1) is 27.9. The molecule has 206 valence electrons. The van der Waals surface area contributed by atoms with E-state index in [4.69, 9.17) is 4.98 Å². The van der Waals surface area contributed by atoms with E-state index in [0.29, 0.717) is 23.0 Å². The molecule has 6 rings (SSSR count). The van der Waals surface area contributed by atoms with Crippen molar-refractivity contribution in [3.8, 4) is 0 Å². The SMILES string of the molecule is Cc1nc2ccccc2n1C1C[C@H]2CC[C@@H](C1)N2CCC1(c2cccc(S(C)(=O)=O)c2)CCNCC1.ClCl. The van der Waals surface area contributed by atoms with Gasteiger partial charge in [-0.15, -0.1) is 0 Å². The number of aryl methyl sites for hydroxylation is 1. The average Bonchev–Trinajstić information content (AvgIpc) is 3.39. The van der Waals surface area contributed by atoms with Gasteiger partial charge in [0.2, 0.25) is 0 Å². The Labute approximate surface area is 236 Å². The number of aromatic nitrogens is 2. The highest BCUT2D eigenvalue weighted by Crippen LogP contribution is 2.44. The molecule has 3 saturated heterocycles. The summed E-state index contributed by atoms with van der Waals surface area (Å²) in [5.41, 5.74) is 3.62. The Morgan fingerprint density at radius 3 is 2.37 bits per heavy atom. The van der Waals surface area contributed by atoms with Gasteiger partial charge < -0.3 is 9.88 Å². The minimum absolute atomic E-state index is 0.0410. The number of fused-ring (bicyclic) bond motifs is 3. The summed E-state index contributed by atoms with van der Waals surface area (Å²) in [7, 11) is 5.01. The molecule has 3 fully saturated rings. The van der Waals surface area contributed by atoms with E-state index in [0.717, 1.165) is 50.2 Å². The van der Waals surface area contributed by atoms with Gasteiger partial charge in [0.25, 0.3) is 0 Å². The Bertz CT molecular complexity index is 1360. The molecule has 6 nitrogen and oxygen atoms in total. The molecular weight excluding hydrogens is 539 g/mol. The third-order valence-corrected chi connectivity index (χ3v) is 10.4. The Morgan fingerprint density at radius 2 is 1.68 bits per heavy atom. The summed E-state index contributed by atoms with van der Waals surface area (Å²) < 4.78 is 27.1. The van der Waals surface area contributed by atoms with Crippen LogP contribution in [0.2, 0.25) is 0 Å². The minimum atomic E-state index is -3.21. The zero-order chi connectivity index (χ0) is 26.9. The number of benzene rings is 2. The predicted molar refractivity (Wildman–Crippen MR) is 156 cm³/mol. The van der Waals surface area contributed by atoms with Crippen LogP contribution in [0.25, 0.3) is 11.0 Å². The second-order valence-electron chi connectivity index (χ2n) is 11.3. The largest absolute Gasteiger partial charge is 0.325 e. The predicted octanol–water partition coefficient (Wildman–Crippen LogP) is 6.01. The van der Waals surface area contributed by atoms with Crippen LogP contribution >= 0.6 is 21.7 Å². The van der Waals surface area contributed by atoms with Crippen LogP contribution in [0.5, 0.6) is 0 Å². The number of piperidine rings is 2. The van der Waals surface area contributed by atoms with Crippen molar-refractivity contribution >= 4 is 42.6 Å². The lowest BCUT2D eigenvalue weighted by molar-refractivity contribution is 0.0929. The van der Waals surface area contributed by atoms with E-state index in [1.54, 1.807) is 6.07 Å². The summed E-state index contributed by atoms with van der Waals surface area (Å²) in [5, 5.41) is 3.52. The van der Waals surface area contributed by atoms with Gasteiger partial charge in [0, 0.05) is 46.1 Å². The topological polar surface area (TPSA) is 67.2 Å². The van der Waals surface area contributed by atoms with E-state index in [1.165, 1.54) is 43.0 Å². The van der Waals surface area contributed by atoms with E-state index in [-0.39, 0.29) is 5.41 Å². The maximum Gasteiger partial charge on any atom is 0.175 e. The van der Waals surface area contributed by atoms with Crippen molar-refractivity contribution in [1.29, 1.82) is 0 Å². The molecule has 3 aliphatic rings. The van der Waals surface area contributed by atoms with Crippen molar-refractivity contribution in [1.82, 2.24) is 19.8 Å². The van der Waals surface area contributed by atoms with Crippen LogP contribution in [-0.2, 0) is 15.3 Å². The number of halogens is 2. The van der Waals surface area contributed by atoms with Gasteiger partial charge in [-0.2, -0.15) is 0 Å². The Hall–Kier alpha value is -1.64. The molecule has 3 aromatic rings. The first-order valence-corrected chi connectivity index (χ1v) is 16.7. The van der Waals surface area contributed by atoms with E-state index in [9.17, 15) is 8.42 Å². The molecule has 0 saturated carbocycles. The maximum absolute atomic E-state index is 12.3. The number of rotatable bonds is 6. The highest BCUT2D eigenvalue weighted by Gasteiger charge is 2.43. The third kappa shape index (κ3) is 5.37. The van der Waals surface area contributed by atoms with Crippen molar-refractivity contribution in [3.63, 3.8) is 0 Å². The van der Waals surface area contributed by atoms with Crippen LogP contribution in [0, 0.1) is 6.92 Å². The number of imidazole rings is 1. The summed E-state index contributed by atoms with van der Waals surface area (Å²) in [6, 6.07) is 18.1. The Kier molecular flexibility index (Phi) is 8.42. The molecule has 3 aliphatic heterocycles. The smallest absolute Gasteiger partial charge is 0.175 e. The van der Waals surface area contributed by atoms with Crippen molar-refractivity contribution in [2.24, 2.45) is 0 Å². The lowest BCUT2D eigenvalue weighted by Crippen LogP contribution is -2.47. The van der Waals surface area contributed by atoms with Gasteiger partial charge in [-0.25, -0.2) is 13.4 Å². The molecule has 0 spiro atoms. The normalized spacial score (nSPS) is 25.2. The van der Waals surface area contributed by atoms with Crippen LogP contribution in [0.1, 0.15) is 62.4 Å². The molecule has 0 amide bonds. The van der Waals surface area contributed by atoms with E-state index in [1.807, 2.05) is 12.1 Å². The molecule has 1 unspecified atom stereocenters. The molecular formula is C29H38Cl2N4O2S. The summed E-state index contributed by atoms with van der Waals surface area (Å²) in [4.78, 5) is 8.09. The highest BCUT2D eigenvalue weighted by molar-refractivity contribution is 7.90. The van der Waals surface area contributed by atoms with Crippen LogP contribution in [0.3, 0.4) is 0 Å². The van der Waals surface area contributed by atoms with E-state index < -0.39 is 9.84 Å². The maximum atomic E-state index is 12.3. The van der Waals surface area contributed by atoms with Gasteiger partial charge in [0.1, 0.15) is 5.82 Å². The first-order valence-electron chi connectivity index (χ1n) is 13.7. The van der Waals surface area contributed by atoms with Gasteiger partial charge >= 0.3 is 0 Å². The van der Waals surface area contributed by atoms with Crippen LogP contribution in [0.15, 0.2) is 53.4 Å². The number of nitrogens with zero attached hydrogens (tertiary/aromatic N) is 3. The van der Waals surface area contributed by atoms with Gasteiger partial charge in [-0.3, -0.25) is 4.90 Å². The lowest BCUT2D eigenvalue weighted by atomic mass is 9.70. The zero-order valence-electron chi connectivity index (χ0n) is 22.2. The lowest BCUT2D eigenvalue weighted by Gasteiger charge is -2.44. The standard InChI is InChI=1S/C29H38N4O2S.Cl2/c1-21-31-27-8-3-4-9-28(27)33(21)25-19-23-10-11-24(20-25)32(23)17-14-29(12-15-30-16-13-29)22-6-5-7-26(18-22)36(2,34)35;1-2/h3-9,18,23-25,30H,10-17,19-20H2,1-2H3;/t23-,24+,25?;. The number of sulfone groups is 1. The van der Waals surface area contributed by atoms with Gasteiger partial charge in [0.05, 0.1) is 15.9 Å². The van der Waals surface area contributed by atoms with E-state index in [2.05, 4.69) is 73.7 Å². The second kappa shape index (κ2) is 11.5. The molecule has 4 heterocycles. The molecule has 1 N–H and O–H groups in total. The summed E-state index contributed by atoms with van der Waals surface area (Å²) in [5.74, 6) is 1.13. The minimum Gasteiger partial charge on any atom is -0.325 e. The quantitative estimate of drug-likeness (QED) is 0.389. The number of para-hydroxylation sites is 2. The summed E-state index contributed by atoms with van der Waals surface area (Å²) >= 11 is 0. The molecule has 0 radical (unpaired) electrons. The molecule has 1 aromatic heterocycles. The van der Waals surface area contributed by atoms with Crippen LogP contribution in [0.4, 0.5) is 0 Å². The summed E-state index contributed by atoms with van der Waals surface area (Å²) in [6.45, 7) is 5.23. The second-order valence-corrected chi connectivity index (χ2v) is 13.4. The fourth-order valence-corrected chi connectivity index (χ4v) is 8.10. The first-order chi connectivity index (χ1) is 18.3. The van der Waals surface area contributed by atoms with Gasteiger partial charge in [0.15, 0.2) is 9.84 Å². The fraction of sp³-hybridized carbons (Fsp3) is 0.552. The molecule has 2 bridgehead atoms. The van der Waals surface area contributed by atoms with Gasteiger partial charge in [-0.1, -0.05) is 24.3 Å². The molecule has 2 aromatic carbocycles. The molecule has 9 heteroatoms. The highest BCUT2D eigenvalue weighted by atomic mass is 36.5. The Balaban J connectivity index is 0.00000144. The fourth-order valence-electron chi connectivity index (χ4n) is 7.44. The van der Waals surface area contributed by atoms with Crippen LogP contribution in [-0.4, -0.2) is 60.8 Å². The van der Waals surface area contributed by atoms with Crippen molar-refractivity contribution < 1.29 is 8.42 Å². The van der Waals surface area contributed by atoms with E-state index >= 15 is 0 Å². The summed E-state index contributed by atoms with van der Waals surface area (Å²) in [6.07, 6.45) is 9.47. The third-order valence-electron chi connectivity index (χ3n) is 9.28. The van der Waals surface area contributed by atoms with Crippen molar-refractivity contribution in [2.45, 2.75) is 80.3 Å². The zero-order valence-corrected chi connectivity index (χ0v) is 24.6. The number of nitrogens with one attached hydrogen (secondary N) is 1. The molecule has 3 atom stereocenters. The molecule has 38 heavy (non-hydrogen) atoms. The monoisotopic (exact) mass is 576 g/mol. The van der Waals surface area contributed by atoms with Crippen molar-refractivity contribution in [3.05, 3.63) is 59.9 Å². The average molecular weight is 578 g/mol. The molecule has 0 aliphatic carbocycles. The van der Waals surface area contributed by atoms with Crippen LogP contribution < -0.4 is 5.32 Å². The Morgan fingerprint density at radius 1 is 1.00 bits per heavy atom. The van der Waals surface area contributed by atoms with Gasteiger partial charge in [-0.05, 0) is 107 Å². The number of hydrogen-bond acceptors (Lipinski definition) is 5.